The number of halogens is 1. The van der Waals surface area contributed by atoms with Crippen molar-refractivity contribution in [2.45, 2.75) is 156 Å². The Kier molecular flexibility index (Phi) is 28.9. The Hall–Kier alpha value is 0.910. The van der Waals surface area contributed by atoms with Crippen LogP contribution in [0, 0.1) is 0 Å². The number of unbranched alkanes of at least 4 members (excludes halogenated alkanes) is 16. The van der Waals surface area contributed by atoms with Crippen molar-refractivity contribution >= 4 is 7.26 Å². The second-order valence-electron chi connectivity index (χ2n) is 9.89. The van der Waals surface area contributed by atoms with E-state index in [9.17, 15) is 0 Å². The quantitative estimate of drug-likeness (QED) is 0.0920. The van der Waals surface area contributed by atoms with Gasteiger partial charge in [-0.05, 0) is 51.4 Å². The summed E-state index contributed by atoms with van der Waals surface area (Å²) in [6.45, 7) is 9.40. The second kappa shape index (κ2) is 26.2. The zero-order chi connectivity index (χ0) is 21.5. The molecule has 0 spiro atoms. The Labute approximate surface area is 204 Å². The van der Waals surface area contributed by atoms with Crippen LogP contribution in [0.15, 0.2) is 0 Å². The Morgan fingerprint density at radius 2 is 0.500 bits per heavy atom. The second-order valence-corrected chi connectivity index (χ2v) is 14.4. The van der Waals surface area contributed by atoms with Crippen LogP contribution in [0.5, 0.6) is 0 Å². The van der Waals surface area contributed by atoms with E-state index in [4.69, 9.17) is 0 Å². The van der Waals surface area contributed by atoms with E-state index in [0.717, 1.165) is 0 Å². The standard InChI is InChI=1S/C28H60P.BrH/c1-5-9-13-17-19-23-27-29(25-21-15-11-7-3,26-22-16-12-8-4)28-24-20-18-14-10-6-2;/h5-28H2,1-4H3;1H/q+1;/p-1. The Morgan fingerprint density at radius 1 is 0.300 bits per heavy atom. The molecule has 0 atom stereocenters. The first-order valence-corrected chi connectivity index (χ1v) is 16.6. The SMILES string of the molecule is CCCCCCCC[P+](CCCCCC)(CCCCCC)CCCCCCCC.[Br-]. The van der Waals surface area contributed by atoms with Crippen LogP contribution >= 0.6 is 7.26 Å². The van der Waals surface area contributed by atoms with Gasteiger partial charge in [-0.25, -0.2) is 0 Å². The third-order valence-corrected chi connectivity index (χ3v) is 12.0. The van der Waals surface area contributed by atoms with Gasteiger partial charge in [-0.15, -0.1) is 0 Å². The van der Waals surface area contributed by atoms with E-state index in [1.165, 1.54) is 103 Å². The van der Waals surface area contributed by atoms with Crippen LogP contribution in [-0.2, 0) is 0 Å². The minimum absolute atomic E-state index is 0. The van der Waals surface area contributed by atoms with E-state index in [-0.39, 0.29) is 17.0 Å². The molecule has 0 radical (unpaired) electrons. The van der Waals surface area contributed by atoms with Gasteiger partial charge in [-0.1, -0.05) is 105 Å². The van der Waals surface area contributed by atoms with Crippen molar-refractivity contribution < 1.29 is 17.0 Å². The van der Waals surface area contributed by atoms with Gasteiger partial charge in [0, 0.05) is 7.26 Å². The summed E-state index contributed by atoms with van der Waals surface area (Å²) >= 11 is 0. The smallest absolute Gasteiger partial charge is 0.0594 e. The van der Waals surface area contributed by atoms with Gasteiger partial charge >= 0.3 is 0 Å². The topological polar surface area (TPSA) is 0 Å². The molecular formula is C28H60BrP. The lowest BCUT2D eigenvalue weighted by Gasteiger charge is -2.28. The minimum Gasteiger partial charge on any atom is -1.00 e. The van der Waals surface area contributed by atoms with Crippen LogP contribution in [0.4, 0.5) is 0 Å². The van der Waals surface area contributed by atoms with Gasteiger partial charge < -0.3 is 17.0 Å². The van der Waals surface area contributed by atoms with Gasteiger partial charge in [0.1, 0.15) is 0 Å². The molecule has 184 valence electrons. The molecule has 0 aliphatic rings. The van der Waals surface area contributed by atoms with Crippen LogP contribution < -0.4 is 17.0 Å². The number of rotatable bonds is 24. The summed E-state index contributed by atoms with van der Waals surface area (Å²) in [5.74, 6) is 0. The summed E-state index contributed by atoms with van der Waals surface area (Å²) in [6.07, 6.45) is 36.1. The monoisotopic (exact) mass is 506 g/mol. The molecule has 0 fully saturated rings. The minimum atomic E-state index is -0.688. The summed E-state index contributed by atoms with van der Waals surface area (Å²) in [7, 11) is -0.688. The number of hydrogen-bond donors (Lipinski definition) is 0. The fourth-order valence-electron chi connectivity index (χ4n) is 4.87. The first kappa shape index (κ1) is 33.1. The van der Waals surface area contributed by atoms with Crippen molar-refractivity contribution in [1.29, 1.82) is 0 Å². The van der Waals surface area contributed by atoms with Crippen molar-refractivity contribution in [3.05, 3.63) is 0 Å². The third kappa shape index (κ3) is 20.8. The van der Waals surface area contributed by atoms with Crippen molar-refractivity contribution in [2.75, 3.05) is 24.6 Å². The van der Waals surface area contributed by atoms with E-state index in [1.807, 2.05) is 0 Å². The lowest BCUT2D eigenvalue weighted by molar-refractivity contribution is -0.00000667. The molecule has 2 heteroatoms. The first-order chi connectivity index (χ1) is 14.2. The molecule has 0 heterocycles. The molecule has 0 rings (SSSR count). The van der Waals surface area contributed by atoms with Crippen molar-refractivity contribution in [2.24, 2.45) is 0 Å². The predicted molar refractivity (Wildman–Crippen MR) is 141 cm³/mol. The molecule has 0 bridgehead atoms. The fraction of sp³-hybridized carbons (Fsp3) is 1.00. The molecule has 0 aromatic heterocycles. The van der Waals surface area contributed by atoms with Crippen LogP contribution in [-0.4, -0.2) is 24.6 Å². The summed E-state index contributed by atoms with van der Waals surface area (Å²) in [4.78, 5) is 0. The highest BCUT2D eigenvalue weighted by molar-refractivity contribution is 7.75. The molecule has 0 aromatic rings. The van der Waals surface area contributed by atoms with Gasteiger partial charge in [0.05, 0.1) is 24.6 Å². The van der Waals surface area contributed by atoms with Crippen LogP contribution in [0.1, 0.15) is 156 Å². The lowest BCUT2D eigenvalue weighted by Crippen LogP contribution is -3.00. The van der Waals surface area contributed by atoms with Gasteiger partial charge in [-0.2, -0.15) is 0 Å². The first-order valence-electron chi connectivity index (χ1n) is 14.1. The van der Waals surface area contributed by atoms with Gasteiger partial charge in [0.15, 0.2) is 0 Å². The fourth-order valence-corrected chi connectivity index (χ4v) is 9.79. The molecular weight excluding hydrogens is 447 g/mol. The zero-order valence-electron chi connectivity index (χ0n) is 21.8. The van der Waals surface area contributed by atoms with E-state index in [0.29, 0.717) is 0 Å². The van der Waals surface area contributed by atoms with Gasteiger partial charge in [0.25, 0.3) is 0 Å². The molecule has 0 N–H and O–H groups in total. The molecule has 0 amide bonds. The molecule has 0 saturated carbocycles. The van der Waals surface area contributed by atoms with E-state index < -0.39 is 7.26 Å². The Morgan fingerprint density at radius 3 is 0.767 bits per heavy atom. The molecule has 0 unspecified atom stereocenters. The Balaban J connectivity index is 0. The maximum atomic E-state index is 2.36. The molecule has 0 aromatic carbocycles. The highest BCUT2D eigenvalue weighted by atomic mass is 79.9. The zero-order valence-corrected chi connectivity index (χ0v) is 24.3. The normalized spacial score (nSPS) is 11.6. The molecule has 0 nitrogen and oxygen atoms in total. The van der Waals surface area contributed by atoms with Crippen LogP contribution in [0.25, 0.3) is 0 Å². The summed E-state index contributed by atoms with van der Waals surface area (Å²) in [6, 6.07) is 0. The maximum absolute atomic E-state index is 2.36. The average molecular weight is 508 g/mol. The van der Waals surface area contributed by atoms with Crippen molar-refractivity contribution in [1.82, 2.24) is 0 Å². The Bertz CT molecular complexity index is 275. The third-order valence-electron chi connectivity index (χ3n) is 6.94. The predicted octanol–water partition coefficient (Wildman–Crippen LogP) is 7.89. The maximum Gasteiger partial charge on any atom is 0.0594 e. The molecule has 30 heavy (non-hydrogen) atoms. The lowest BCUT2D eigenvalue weighted by atomic mass is 10.1. The molecule has 0 saturated heterocycles. The van der Waals surface area contributed by atoms with E-state index in [2.05, 4.69) is 27.7 Å². The van der Waals surface area contributed by atoms with Crippen LogP contribution in [0.2, 0.25) is 0 Å². The van der Waals surface area contributed by atoms with Crippen molar-refractivity contribution in [3.8, 4) is 0 Å². The van der Waals surface area contributed by atoms with E-state index >= 15 is 0 Å². The summed E-state index contributed by atoms with van der Waals surface area (Å²) in [5, 5.41) is 0. The van der Waals surface area contributed by atoms with E-state index in [1.54, 1.807) is 50.3 Å². The highest BCUT2D eigenvalue weighted by Crippen LogP contribution is 2.61. The molecule has 0 aliphatic heterocycles. The largest absolute Gasteiger partial charge is 1.00 e. The molecule has 0 aliphatic carbocycles. The number of hydrogen-bond acceptors (Lipinski definition) is 0. The van der Waals surface area contributed by atoms with Crippen LogP contribution in [0.3, 0.4) is 0 Å². The van der Waals surface area contributed by atoms with Crippen molar-refractivity contribution in [3.63, 3.8) is 0 Å². The summed E-state index contributed by atoms with van der Waals surface area (Å²) in [5.41, 5.74) is 0. The highest BCUT2D eigenvalue weighted by Gasteiger charge is 2.34. The average Bonchev–Trinajstić information content (AvgIpc) is 2.73. The van der Waals surface area contributed by atoms with Gasteiger partial charge in [-0.3, -0.25) is 0 Å². The summed E-state index contributed by atoms with van der Waals surface area (Å²) < 4.78 is 0. The van der Waals surface area contributed by atoms with Gasteiger partial charge in [0.2, 0.25) is 0 Å².